The van der Waals surface area contributed by atoms with E-state index < -0.39 is 51.0 Å². The van der Waals surface area contributed by atoms with E-state index >= 15 is 0 Å². The van der Waals surface area contributed by atoms with Gasteiger partial charge >= 0.3 is 0 Å². The molecule has 0 bridgehead atoms. The van der Waals surface area contributed by atoms with E-state index in [9.17, 15) is 48.5 Å². The van der Waals surface area contributed by atoms with E-state index in [1.54, 1.807) is 30.3 Å². The molecule has 3 heterocycles. The van der Waals surface area contributed by atoms with Gasteiger partial charge in [-0.2, -0.15) is 40.2 Å². The minimum absolute atomic E-state index is 0.0719. The highest BCUT2D eigenvalue weighted by Gasteiger charge is 2.40. The number of methoxy groups -OCH3 is 2. The molecule has 0 saturated heterocycles. The molecule has 0 aliphatic heterocycles. The molecule has 0 atom stereocenters. The van der Waals surface area contributed by atoms with Crippen LogP contribution in [0.5, 0.6) is 11.5 Å². The van der Waals surface area contributed by atoms with Crippen LogP contribution in [0, 0.1) is 10.8 Å². The molecule has 8 rings (SSSR count). The molecule has 0 fully saturated rings. The number of benzene rings is 3. The number of carbonyl (C=O) groups excluding carboxylic acids is 2. The number of ether oxygens (including phenoxy) is 2. The van der Waals surface area contributed by atoms with Gasteiger partial charge in [0.05, 0.1) is 51.6 Å². The Labute approximate surface area is 487 Å². The number of anilines is 6. The second-order valence-corrected chi connectivity index (χ2v) is 27.8. The van der Waals surface area contributed by atoms with E-state index in [-0.39, 0.29) is 119 Å². The monoisotopic (exact) mass is 1240 g/mol. The van der Waals surface area contributed by atoms with Gasteiger partial charge in [0.25, 0.3) is 30.4 Å². The van der Waals surface area contributed by atoms with Gasteiger partial charge in [-0.25, -0.2) is 0 Å². The highest BCUT2D eigenvalue weighted by atomic mass is 32.2. The first-order valence-electron chi connectivity index (χ1n) is 25.6. The molecule has 0 unspecified atom stereocenters. The number of nitrogens with one attached hydrogen (secondary N) is 2. The van der Waals surface area contributed by atoms with Crippen molar-refractivity contribution in [3.8, 4) is 11.5 Å². The Bertz CT molecular complexity index is 3700. The molecule has 0 saturated carbocycles. The highest BCUT2D eigenvalue weighted by Crippen LogP contribution is 2.50. The number of hydrogen-bond donors (Lipinski definition) is 5. The molecular formula is C52H61N11O13S6. The fourth-order valence-electron chi connectivity index (χ4n) is 9.77. The molecule has 6 aromatic rings. The molecule has 0 radical (unpaired) electrons. The number of rotatable bonds is 22. The summed E-state index contributed by atoms with van der Waals surface area (Å²) < 4.78 is 119. The standard InChI is InChI=1S/C52H61N11O13S6/c1-11-62(12-2)36-19-32(34(21-40(36)75-9)58-60-46-44(81(69,70)71)30-23-51(5,6)25-38(64)42(30)78-46)53-48-55-49(57-50(56-48)77-27-28-16-15-17-29(18-28)80(66,67)68)54-33-20-37(63(13-3)14-4)41(76-10)22-35(33)59-61-47-45(82(72,73)74)31-24-52(7,8)26-39(65)43(31)79-47/h15-22H,11-14,23-27H2,1-10H3,(H,66,67,68)(H,69,70,71)(H,72,73,74)(H2,53,54,55,56,57)/b60-58+,61-59+. The Morgan fingerprint density at radius 2 is 1.04 bits per heavy atom. The van der Waals surface area contributed by atoms with Gasteiger partial charge in [-0.3, -0.25) is 23.2 Å². The highest BCUT2D eigenvalue weighted by molar-refractivity contribution is 7.98. The minimum atomic E-state index is -4.92. The van der Waals surface area contributed by atoms with Crippen molar-refractivity contribution in [1.29, 1.82) is 0 Å². The second kappa shape index (κ2) is 24.0. The fourth-order valence-corrected chi connectivity index (χ4v) is 15.5. The zero-order valence-corrected chi connectivity index (χ0v) is 51.3. The number of thioether (sulfide) groups is 1. The molecule has 3 aromatic heterocycles. The van der Waals surface area contributed by atoms with Gasteiger partial charge < -0.3 is 29.9 Å². The number of Topliss-reactive ketones (excluding diaryl/α,β-unsaturated/α-hetero) is 2. The van der Waals surface area contributed by atoms with Crippen molar-refractivity contribution < 1.29 is 58.0 Å². The molecule has 24 nitrogen and oxygen atoms in total. The lowest BCUT2D eigenvalue weighted by Crippen LogP contribution is -2.26. The zero-order valence-electron chi connectivity index (χ0n) is 46.4. The summed E-state index contributed by atoms with van der Waals surface area (Å²) in [4.78, 5) is 44.0. The SMILES string of the molecule is CCN(CC)c1cc(Nc2nc(Nc3cc(N(CC)CC)c(OC)cc3/N=N/c3sc4c(c3S(=O)(=O)O)CC(C)(C)CC4=O)nc(SCc3cccc(S(=O)(=O)O)c3)n2)c(/N=N/c2sc3c(c2S(=O)(=O)O)CC(C)(C)CC3=O)cc1OC. The lowest BCUT2D eigenvalue weighted by atomic mass is 9.76. The van der Waals surface area contributed by atoms with Crippen LogP contribution in [0.25, 0.3) is 0 Å². The lowest BCUT2D eigenvalue weighted by Gasteiger charge is -2.28. The molecule has 82 heavy (non-hydrogen) atoms. The Morgan fingerprint density at radius 1 is 0.610 bits per heavy atom. The van der Waals surface area contributed by atoms with Crippen molar-refractivity contribution in [2.45, 2.75) is 107 Å². The van der Waals surface area contributed by atoms with E-state index in [0.717, 1.165) is 34.4 Å². The van der Waals surface area contributed by atoms with Crippen LogP contribution in [-0.4, -0.2) is 106 Å². The maximum Gasteiger partial charge on any atom is 0.297 e. The maximum absolute atomic E-state index is 13.4. The van der Waals surface area contributed by atoms with E-state index in [2.05, 4.69) is 31.1 Å². The molecule has 2 aliphatic rings. The predicted molar refractivity (Wildman–Crippen MR) is 315 cm³/mol. The van der Waals surface area contributed by atoms with Crippen molar-refractivity contribution in [1.82, 2.24) is 15.0 Å². The fraction of sp³-hybridized carbons (Fsp3) is 0.404. The van der Waals surface area contributed by atoms with Crippen molar-refractivity contribution >= 4 is 132 Å². The average molecular weight is 1240 g/mol. The second-order valence-electron chi connectivity index (χ2n) is 20.7. The summed E-state index contributed by atoms with van der Waals surface area (Å²) in [5.41, 5.74) is 1.37. The number of hydrogen-bond acceptors (Lipinski definition) is 24. The van der Waals surface area contributed by atoms with Crippen LogP contribution >= 0.6 is 34.4 Å². The number of fused-ring (bicyclic) bond motifs is 2. The van der Waals surface area contributed by atoms with Crippen molar-refractivity contribution in [2.24, 2.45) is 31.3 Å². The van der Waals surface area contributed by atoms with Crippen molar-refractivity contribution in [3.63, 3.8) is 0 Å². The Kier molecular flexibility index (Phi) is 18.0. The molecule has 5 N–H and O–H groups in total. The third-order valence-electron chi connectivity index (χ3n) is 13.5. The summed E-state index contributed by atoms with van der Waals surface area (Å²) >= 11 is 2.68. The average Bonchev–Trinajstić information content (AvgIpc) is 4.19. The quantitative estimate of drug-likeness (QED) is 0.0239. The maximum atomic E-state index is 13.4. The summed E-state index contributed by atoms with van der Waals surface area (Å²) in [6, 6.07) is 12.2. The van der Waals surface area contributed by atoms with E-state index in [4.69, 9.17) is 24.4 Å². The number of carbonyl (C=O) groups is 2. The zero-order chi connectivity index (χ0) is 59.9. The first-order chi connectivity index (χ1) is 38.5. The normalized spacial score (nSPS) is 15.2. The summed E-state index contributed by atoms with van der Waals surface area (Å²) in [6.45, 7) is 17.2. The molecule has 0 amide bonds. The molecule has 30 heteroatoms. The van der Waals surface area contributed by atoms with Gasteiger partial charge in [0, 0.05) is 56.9 Å². The topological polar surface area (TPSA) is 334 Å². The number of aromatic nitrogens is 3. The van der Waals surface area contributed by atoms with Gasteiger partial charge in [0.2, 0.25) is 11.9 Å². The van der Waals surface area contributed by atoms with Gasteiger partial charge in [-0.05, 0) is 92.3 Å². The van der Waals surface area contributed by atoms with Crippen LogP contribution in [-0.2, 0) is 48.9 Å². The minimum Gasteiger partial charge on any atom is -0.494 e. The summed E-state index contributed by atoms with van der Waals surface area (Å²) in [6.07, 6.45) is 0.662. The first kappa shape index (κ1) is 61.6. The number of azo groups is 2. The molecule has 0 spiro atoms. The van der Waals surface area contributed by atoms with Crippen molar-refractivity contribution in [2.75, 3.05) is 60.8 Å². The smallest absolute Gasteiger partial charge is 0.297 e. The third kappa shape index (κ3) is 13.6. The van der Waals surface area contributed by atoms with Crippen LogP contribution in [0.15, 0.2) is 88.8 Å². The largest absolute Gasteiger partial charge is 0.494 e. The van der Waals surface area contributed by atoms with Crippen molar-refractivity contribution in [3.05, 3.63) is 75.0 Å². The van der Waals surface area contributed by atoms with Crippen LogP contribution < -0.4 is 29.9 Å². The molecule has 438 valence electrons. The van der Waals surface area contributed by atoms with Crippen LogP contribution in [0.1, 0.15) is 104 Å². The number of thiophene rings is 2. The number of ketones is 2. The van der Waals surface area contributed by atoms with Gasteiger partial charge in [-0.1, -0.05) is 51.6 Å². The van der Waals surface area contributed by atoms with Crippen LogP contribution in [0.2, 0.25) is 0 Å². The Hall–Kier alpha value is -6.51. The summed E-state index contributed by atoms with van der Waals surface area (Å²) in [5, 5.41) is 23.8. The van der Waals surface area contributed by atoms with Gasteiger partial charge in [0.1, 0.15) is 32.7 Å². The molecule has 3 aromatic carbocycles. The van der Waals surface area contributed by atoms with Gasteiger partial charge in [0.15, 0.2) is 26.7 Å². The van der Waals surface area contributed by atoms with E-state index in [1.165, 1.54) is 32.4 Å². The molecular weight excluding hydrogens is 1180 g/mol. The summed E-state index contributed by atoms with van der Waals surface area (Å²) in [5.74, 6) is -0.00713. The predicted octanol–water partition coefficient (Wildman–Crippen LogP) is 12.4. The van der Waals surface area contributed by atoms with Gasteiger partial charge in [-0.15, -0.1) is 43.1 Å². The third-order valence-corrected chi connectivity index (χ3v) is 19.7. The van der Waals surface area contributed by atoms with E-state index in [0.29, 0.717) is 54.6 Å². The lowest BCUT2D eigenvalue weighted by molar-refractivity contribution is 0.0907. The Balaban J connectivity index is 1.30. The Morgan fingerprint density at radius 3 is 1.41 bits per heavy atom. The van der Waals surface area contributed by atoms with Crippen LogP contribution in [0.4, 0.5) is 56.0 Å². The molecule has 2 aliphatic carbocycles. The summed E-state index contributed by atoms with van der Waals surface area (Å²) in [7, 11) is -11.5. The number of nitrogens with zero attached hydrogens (tertiary/aromatic N) is 9. The first-order valence-corrected chi connectivity index (χ1v) is 32.5. The van der Waals surface area contributed by atoms with Crippen LogP contribution in [0.3, 0.4) is 0 Å². The van der Waals surface area contributed by atoms with E-state index in [1.807, 2.05) is 65.2 Å².